The summed E-state index contributed by atoms with van der Waals surface area (Å²) in [6.45, 7) is 7.57. The summed E-state index contributed by atoms with van der Waals surface area (Å²) in [6.07, 6.45) is 1.08. The maximum atomic E-state index is 5.74. The van der Waals surface area contributed by atoms with Gasteiger partial charge in [0.2, 0.25) is 0 Å². The van der Waals surface area contributed by atoms with Crippen molar-refractivity contribution in [2.45, 2.75) is 26.8 Å². The van der Waals surface area contributed by atoms with Crippen molar-refractivity contribution < 1.29 is 4.74 Å². The first-order chi connectivity index (χ1) is 7.74. The van der Waals surface area contributed by atoms with E-state index in [-0.39, 0.29) is 0 Å². The number of hydrogen-bond donors (Lipinski definition) is 2. The van der Waals surface area contributed by atoms with Gasteiger partial charge in [0.05, 0.1) is 6.61 Å². The molecule has 0 unspecified atom stereocenters. The fourth-order valence-corrected chi connectivity index (χ4v) is 1.50. The molecular weight excluding hydrogens is 200 g/mol. The van der Waals surface area contributed by atoms with Crippen LogP contribution in [0.1, 0.15) is 24.5 Å². The van der Waals surface area contributed by atoms with E-state index in [0.29, 0.717) is 0 Å². The van der Waals surface area contributed by atoms with Crippen molar-refractivity contribution >= 4 is 5.69 Å². The Morgan fingerprint density at radius 1 is 1.31 bits per heavy atom. The molecule has 0 saturated carbocycles. The Morgan fingerprint density at radius 3 is 2.88 bits per heavy atom. The topological polar surface area (TPSA) is 47.3 Å². The van der Waals surface area contributed by atoms with Crippen LogP contribution in [0.15, 0.2) is 18.2 Å². The lowest BCUT2D eigenvalue weighted by Gasteiger charge is -2.09. The second-order valence-corrected chi connectivity index (χ2v) is 3.98. The summed E-state index contributed by atoms with van der Waals surface area (Å²) in [7, 11) is 0. The maximum Gasteiger partial charge on any atom is 0.0591 e. The molecule has 0 aromatic heterocycles. The molecule has 1 aromatic rings. The highest BCUT2D eigenvalue weighted by Gasteiger charge is 1.98. The lowest BCUT2D eigenvalue weighted by atomic mass is 10.1. The van der Waals surface area contributed by atoms with Crippen molar-refractivity contribution in [1.82, 2.24) is 5.32 Å². The first kappa shape index (κ1) is 13.0. The molecule has 0 atom stereocenters. The largest absolute Gasteiger partial charge is 0.399 e. The second-order valence-electron chi connectivity index (χ2n) is 3.98. The molecule has 0 saturated heterocycles. The van der Waals surface area contributed by atoms with Gasteiger partial charge in [-0.15, -0.1) is 0 Å². The minimum absolute atomic E-state index is 0.773. The SMILES string of the molecule is CCCOCCNCc1cc(N)ccc1C. The Hall–Kier alpha value is -1.06. The average Bonchev–Trinajstić information content (AvgIpc) is 2.28. The predicted octanol–water partition coefficient (Wildman–Crippen LogP) is 2.09. The van der Waals surface area contributed by atoms with E-state index in [1.54, 1.807) is 0 Å². The van der Waals surface area contributed by atoms with Gasteiger partial charge in [-0.25, -0.2) is 0 Å². The number of benzene rings is 1. The number of nitrogens with two attached hydrogens (primary N) is 1. The van der Waals surface area contributed by atoms with Crippen molar-refractivity contribution in [2.24, 2.45) is 0 Å². The summed E-state index contributed by atoms with van der Waals surface area (Å²) in [4.78, 5) is 0. The van der Waals surface area contributed by atoms with E-state index in [1.165, 1.54) is 11.1 Å². The summed E-state index contributed by atoms with van der Waals surface area (Å²) in [5.74, 6) is 0. The highest BCUT2D eigenvalue weighted by atomic mass is 16.5. The van der Waals surface area contributed by atoms with E-state index >= 15 is 0 Å². The van der Waals surface area contributed by atoms with Gasteiger partial charge in [-0.2, -0.15) is 0 Å². The highest BCUT2D eigenvalue weighted by molar-refractivity contribution is 5.44. The van der Waals surface area contributed by atoms with Gasteiger partial charge in [-0.1, -0.05) is 13.0 Å². The van der Waals surface area contributed by atoms with E-state index in [9.17, 15) is 0 Å². The molecule has 0 aliphatic rings. The number of hydrogen-bond acceptors (Lipinski definition) is 3. The van der Waals surface area contributed by atoms with Crippen LogP contribution in [-0.2, 0) is 11.3 Å². The Kier molecular flexibility index (Phi) is 5.90. The Labute approximate surface area is 98.0 Å². The molecule has 0 fully saturated rings. The second kappa shape index (κ2) is 7.25. The van der Waals surface area contributed by atoms with Gasteiger partial charge >= 0.3 is 0 Å². The van der Waals surface area contributed by atoms with E-state index in [4.69, 9.17) is 10.5 Å². The summed E-state index contributed by atoms with van der Waals surface area (Å²) in [5, 5.41) is 3.35. The minimum atomic E-state index is 0.773. The van der Waals surface area contributed by atoms with Gasteiger partial charge in [-0.3, -0.25) is 0 Å². The van der Waals surface area contributed by atoms with Crippen LogP contribution in [0.25, 0.3) is 0 Å². The van der Waals surface area contributed by atoms with Crippen LogP contribution in [0.4, 0.5) is 5.69 Å². The minimum Gasteiger partial charge on any atom is -0.399 e. The fourth-order valence-electron chi connectivity index (χ4n) is 1.50. The van der Waals surface area contributed by atoms with Crippen LogP contribution in [0.3, 0.4) is 0 Å². The molecule has 0 radical (unpaired) electrons. The van der Waals surface area contributed by atoms with Gasteiger partial charge in [0.1, 0.15) is 0 Å². The average molecular weight is 222 g/mol. The monoisotopic (exact) mass is 222 g/mol. The highest BCUT2D eigenvalue weighted by Crippen LogP contribution is 2.11. The van der Waals surface area contributed by atoms with Crippen LogP contribution in [0.2, 0.25) is 0 Å². The molecule has 16 heavy (non-hydrogen) atoms. The lowest BCUT2D eigenvalue weighted by molar-refractivity contribution is 0.136. The third-order valence-corrected chi connectivity index (χ3v) is 2.46. The van der Waals surface area contributed by atoms with Gasteiger partial charge in [-0.05, 0) is 36.6 Å². The third kappa shape index (κ3) is 4.64. The number of ether oxygens (including phenoxy) is 1. The summed E-state index contributed by atoms with van der Waals surface area (Å²) in [6, 6.07) is 6.01. The van der Waals surface area contributed by atoms with E-state index in [2.05, 4.69) is 25.2 Å². The number of nitrogen functional groups attached to an aromatic ring is 1. The van der Waals surface area contributed by atoms with Crippen molar-refractivity contribution in [3.63, 3.8) is 0 Å². The third-order valence-electron chi connectivity index (χ3n) is 2.46. The van der Waals surface area contributed by atoms with Crippen molar-refractivity contribution in [3.8, 4) is 0 Å². The zero-order valence-corrected chi connectivity index (χ0v) is 10.3. The molecule has 1 aromatic carbocycles. The molecule has 0 bridgehead atoms. The first-order valence-electron chi connectivity index (χ1n) is 5.87. The zero-order valence-electron chi connectivity index (χ0n) is 10.3. The van der Waals surface area contributed by atoms with Crippen molar-refractivity contribution in [3.05, 3.63) is 29.3 Å². The van der Waals surface area contributed by atoms with Gasteiger partial charge in [0.25, 0.3) is 0 Å². The summed E-state index contributed by atoms with van der Waals surface area (Å²) >= 11 is 0. The predicted molar refractivity (Wildman–Crippen MR) is 68.4 cm³/mol. The zero-order chi connectivity index (χ0) is 11.8. The Balaban J connectivity index is 2.23. The normalized spacial score (nSPS) is 10.6. The quantitative estimate of drug-likeness (QED) is 0.548. The lowest BCUT2D eigenvalue weighted by Crippen LogP contribution is -2.20. The number of aryl methyl sites for hydroxylation is 1. The molecule has 0 aliphatic heterocycles. The molecule has 0 aliphatic carbocycles. The number of nitrogens with one attached hydrogen (secondary N) is 1. The Bertz CT molecular complexity index is 313. The van der Waals surface area contributed by atoms with Crippen molar-refractivity contribution in [2.75, 3.05) is 25.5 Å². The van der Waals surface area contributed by atoms with E-state index in [1.807, 2.05) is 12.1 Å². The smallest absolute Gasteiger partial charge is 0.0591 e. The molecule has 3 nitrogen and oxygen atoms in total. The molecule has 0 heterocycles. The van der Waals surface area contributed by atoms with Gasteiger partial charge < -0.3 is 15.8 Å². The molecule has 90 valence electrons. The van der Waals surface area contributed by atoms with Crippen LogP contribution >= 0.6 is 0 Å². The van der Waals surface area contributed by atoms with E-state index in [0.717, 1.165) is 38.4 Å². The molecule has 3 N–H and O–H groups in total. The number of anilines is 1. The van der Waals surface area contributed by atoms with Crippen LogP contribution in [-0.4, -0.2) is 19.8 Å². The van der Waals surface area contributed by atoms with Crippen LogP contribution in [0.5, 0.6) is 0 Å². The maximum absolute atomic E-state index is 5.74. The summed E-state index contributed by atoms with van der Waals surface area (Å²) in [5.41, 5.74) is 9.10. The Morgan fingerprint density at radius 2 is 2.12 bits per heavy atom. The van der Waals surface area contributed by atoms with E-state index < -0.39 is 0 Å². The number of rotatable bonds is 7. The molecule has 1 rings (SSSR count). The van der Waals surface area contributed by atoms with Gasteiger partial charge in [0.15, 0.2) is 0 Å². The molecular formula is C13H22N2O. The molecule has 0 spiro atoms. The standard InChI is InChI=1S/C13H22N2O/c1-3-7-16-8-6-15-10-12-9-13(14)5-4-11(12)2/h4-5,9,15H,3,6-8,10,14H2,1-2H3. The molecule has 3 heteroatoms. The summed E-state index contributed by atoms with van der Waals surface area (Å²) < 4.78 is 5.39. The van der Waals surface area contributed by atoms with Crippen LogP contribution < -0.4 is 11.1 Å². The van der Waals surface area contributed by atoms with Crippen LogP contribution in [0, 0.1) is 6.92 Å². The van der Waals surface area contributed by atoms with Gasteiger partial charge in [0, 0.05) is 25.4 Å². The van der Waals surface area contributed by atoms with Crippen molar-refractivity contribution in [1.29, 1.82) is 0 Å². The fraction of sp³-hybridized carbons (Fsp3) is 0.538. The molecule has 0 amide bonds. The first-order valence-corrected chi connectivity index (χ1v) is 5.87.